The van der Waals surface area contributed by atoms with Gasteiger partial charge in [-0.25, -0.2) is 0 Å². The Morgan fingerprint density at radius 3 is 2.81 bits per heavy atom. The van der Waals surface area contributed by atoms with Crippen molar-refractivity contribution in [3.8, 4) is 5.75 Å². The van der Waals surface area contributed by atoms with Crippen LogP contribution in [0.3, 0.4) is 0 Å². The summed E-state index contributed by atoms with van der Waals surface area (Å²) in [4.78, 5) is 14.7. The second-order valence-corrected chi connectivity index (χ2v) is 7.68. The van der Waals surface area contributed by atoms with Crippen LogP contribution in [0.1, 0.15) is 23.1 Å². The van der Waals surface area contributed by atoms with Crippen LogP contribution in [0.15, 0.2) is 48.5 Å². The van der Waals surface area contributed by atoms with Crippen molar-refractivity contribution in [3.63, 3.8) is 0 Å². The molecule has 2 aromatic rings. The number of primary amides is 1. The first-order valence-corrected chi connectivity index (χ1v) is 9.68. The van der Waals surface area contributed by atoms with Gasteiger partial charge in [0.25, 0.3) is 0 Å². The van der Waals surface area contributed by atoms with Crippen LogP contribution < -0.4 is 16.2 Å². The quantitative estimate of drug-likeness (QED) is 0.818. The van der Waals surface area contributed by atoms with E-state index in [0.717, 1.165) is 56.8 Å². The van der Waals surface area contributed by atoms with Gasteiger partial charge in [-0.3, -0.25) is 4.79 Å². The predicted octanol–water partition coefficient (Wildman–Crippen LogP) is 1.83. The molecule has 2 aromatic carbocycles. The summed E-state index contributed by atoms with van der Waals surface area (Å²) in [6.45, 7) is 3.48. The number of likely N-dealkylation sites (tertiary alicyclic amines) is 1. The molecule has 0 spiro atoms. The summed E-state index contributed by atoms with van der Waals surface area (Å²) in [5.74, 6) is 0.613. The van der Waals surface area contributed by atoms with E-state index in [0.29, 0.717) is 0 Å². The minimum absolute atomic E-state index is 0.0332. The third kappa shape index (κ3) is 3.45. The van der Waals surface area contributed by atoms with Crippen molar-refractivity contribution < 1.29 is 9.53 Å². The molecule has 1 amide bonds. The highest BCUT2D eigenvalue weighted by molar-refractivity contribution is 5.86. The van der Waals surface area contributed by atoms with Gasteiger partial charge in [0.15, 0.2) is 0 Å². The Hall–Kier alpha value is -2.37. The first kappa shape index (κ1) is 18.0. The zero-order valence-electron chi connectivity index (χ0n) is 15.6. The third-order valence-electron chi connectivity index (χ3n) is 6.05. The van der Waals surface area contributed by atoms with E-state index in [9.17, 15) is 4.79 Å². The van der Waals surface area contributed by atoms with Gasteiger partial charge < -0.3 is 21.1 Å². The topological polar surface area (TPSA) is 81.6 Å². The Bertz CT molecular complexity index is 824. The lowest BCUT2D eigenvalue weighted by Gasteiger charge is -2.33. The first-order valence-electron chi connectivity index (χ1n) is 9.68. The molecule has 4 N–H and O–H groups in total. The Balaban J connectivity index is 1.41. The van der Waals surface area contributed by atoms with E-state index in [4.69, 9.17) is 16.2 Å². The molecule has 2 aliphatic heterocycles. The molecule has 2 heterocycles. The summed E-state index contributed by atoms with van der Waals surface area (Å²) in [6.07, 6.45) is 2.87. The molecule has 5 heteroatoms. The molecule has 27 heavy (non-hydrogen) atoms. The Kier molecular flexibility index (Phi) is 4.89. The Morgan fingerprint density at radius 1 is 1.22 bits per heavy atom. The SMILES string of the molecule is NC(=O)C(N)(c1ccccc1)[C@@H]1CCN(CCc2ccc3c(c2)CCO3)C1. The minimum atomic E-state index is -1.11. The molecule has 4 rings (SSSR count). The highest BCUT2D eigenvalue weighted by Crippen LogP contribution is 2.34. The summed E-state index contributed by atoms with van der Waals surface area (Å²) in [6, 6.07) is 16.0. The maximum Gasteiger partial charge on any atom is 0.242 e. The molecule has 0 aromatic heterocycles. The zero-order chi connectivity index (χ0) is 18.9. The summed E-state index contributed by atoms with van der Waals surface area (Å²) in [7, 11) is 0. The van der Waals surface area contributed by atoms with Gasteiger partial charge in [-0.2, -0.15) is 0 Å². The van der Waals surface area contributed by atoms with Crippen LogP contribution in [0, 0.1) is 5.92 Å². The number of benzene rings is 2. The van der Waals surface area contributed by atoms with Crippen molar-refractivity contribution in [2.24, 2.45) is 17.4 Å². The highest BCUT2D eigenvalue weighted by Gasteiger charge is 2.45. The van der Waals surface area contributed by atoms with Gasteiger partial charge in [0.2, 0.25) is 5.91 Å². The number of hydrogen-bond acceptors (Lipinski definition) is 4. The maximum absolute atomic E-state index is 12.3. The number of amides is 1. The van der Waals surface area contributed by atoms with Gasteiger partial charge in [-0.1, -0.05) is 42.5 Å². The summed E-state index contributed by atoms with van der Waals surface area (Å²) in [5.41, 5.74) is 14.7. The second-order valence-electron chi connectivity index (χ2n) is 7.68. The standard InChI is InChI=1S/C22H27N3O2/c23-21(26)22(24,18-4-2-1-3-5-18)19-9-12-25(15-19)11-8-16-6-7-20-17(14-16)10-13-27-20/h1-7,14,19H,8-13,15,24H2,(H2,23,26)/t19-,22?/m1/s1. The molecule has 1 fully saturated rings. The number of carbonyl (C=O) groups is 1. The molecule has 0 radical (unpaired) electrons. The molecule has 1 saturated heterocycles. The largest absolute Gasteiger partial charge is 0.493 e. The average molecular weight is 365 g/mol. The Labute approximate surface area is 160 Å². The van der Waals surface area contributed by atoms with E-state index in [1.165, 1.54) is 11.1 Å². The number of ether oxygens (including phenoxy) is 1. The van der Waals surface area contributed by atoms with Crippen molar-refractivity contribution in [2.75, 3.05) is 26.2 Å². The molecule has 2 atom stereocenters. The van der Waals surface area contributed by atoms with Crippen LogP contribution >= 0.6 is 0 Å². The molecular formula is C22H27N3O2. The fourth-order valence-corrected chi connectivity index (χ4v) is 4.38. The van der Waals surface area contributed by atoms with Gasteiger partial charge in [-0.15, -0.1) is 0 Å². The lowest BCUT2D eigenvalue weighted by Crippen LogP contribution is -2.55. The third-order valence-corrected chi connectivity index (χ3v) is 6.05. The number of fused-ring (bicyclic) bond motifs is 1. The van der Waals surface area contributed by atoms with E-state index in [2.05, 4.69) is 23.1 Å². The van der Waals surface area contributed by atoms with Crippen LogP contribution in [0.5, 0.6) is 5.75 Å². The number of nitrogens with two attached hydrogens (primary N) is 2. The van der Waals surface area contributed by atoms with E-state index in [1.54, 1.807) is 0 Å². The number of carbonyl (C=O) groups excluding carboxylic acids is 1. The van der Waals surface area contributed by atoms with Crippen molar-refractivity contribution in [1.82, 2.24) is 4.90 Å². The molecule has 2 aliphatic rings. The fraction of sp³-hybridized carbons (Fsp3) is 0.409. The molecule has 142 valence electrons. The molecule has 1 unspecified atom stereocenters. The van der Waals surface area contributed by atoms with E-state index in [-0.39, 0.29) is 5.92 Å². The monoisotopic (exact) mass is 365 g/mol. The van der Waals surface area contributed by atoms with Gasteiger partial charge in [-0.05, 0) is 42.1 Å². The number of nitrogens with zero attached hydrogens (tertiary/aromatic N) is 1. The van der Waals surface area contributed by atoms with Gasteiger partial charge >= 0.3 is 0 Å². The Morgan fingerprint density at radius 2 is 2.04 bits per heavy atom. The summed E-state index contributed by atoms with van der Waals surface area (Å²) in [5, 5.41) is 0. The number of hydrogen-bond donors (Lipinski definition) is 2. The van der Waals surface area contributed by atoms with Crippen LogP contribution in [0.25, 0.3) is 0 Å². The lowest BCUT2D eigenvalue weighted by molar-refractivity contribution is -0.125. The molecule has 0 aliphatic carbocycles. The van der Waals surface area contributed by atoms with Gasteiger partial charge in [0, 0.05) is 25.4 Å². The van der Waals surface area contributed by atoms with Crippen LogP contribution in [0.2, 0.25) is 0 Å². The van der Waals surface area contributed by atoms with E-state index < -0.39 is 11.4 Å². The van der Waals surface area contributed by atoms with Crippen molar-refractivity contribution >= 4 is 5.91 Å². The predicted molar refractivity (Wildman–Crippen MR) is 105 cm³/mol. The van der Waals surface area contributed by atoms with Crippen molar-refractivity contribution in [1.29, 1.82) is 0 Å². The highest BCUT2D eigenvalue weighted by atomic mass is 16.5. The maximum atomic E-state index is 12.3. The van der Waals surface area contributed by atoms with E-state index >= 15 is 0 Å². The van der Waals surface area contributed by atoms with E-state index in [1.807, 2.05) is 30.3 Å². The zero-order valence-corrected chi connectivity index (χ0v) is 15.6. The molecule has 5 nitrogen and oxygen atoms in total. The number of rotatable bonds is 6. The first-order chi connectivity index (χ1) is 13.1. The minimum Gasteiger partial charge on any atom is -0.493 e. The fourth-order valence-electron chi connectivity index (χ4n) is 4.38. The molecular weight excluding hydrogens is 338 g/mol. The summed E-state index contributed by atoms with van der Waals surface area (Å²) >= 11 is 0. The van der Waals surface area contributed by atoms with Crippen molar-refractivity contribution in [3.05, 3.63) is 65.2 Å². The normalized spacial score (nSPS) is 21.4. The van der Waals surface area contributed by atoms with Crippen LogP contribution in [-0.4, -0.2) is 37.0 Å². The second kappa shape index (κ2) is 7.33. The van der Waals surface area contributed by atoms with Gasteiger partial charge in [0.1, 0.15) is 11.3 Å². The van der Waals surface area contributed by atoms with Crippen LogP contribution in [-0.2, 0) is 23.2 Å². The van der Waals surface area contributed by atoms with Crippen molar-refractivity contribution in [2.45, 2.75) is 24.8 Å². The average Bonchev–Trinajstić information content (AvgIpc) is 3.35. The van der Waals surface area contributed by atoms with Gasteiger partial charge in [0.05, 0.1) is 6.61 Å². The lowest BCUT2D eigenvalue weighted by atomic mass is 9.77. The smallest absolute Gasteiger partial charge is 0.242 e. The summed E-state index contributed by atoms with van der Waals surface area (Å²) < 4.78 is 5.58. The molecule has 0 saturated carbocycles. The van der Waals surface area contributed by atoms with Crippen LogP contribution in [0.4, 0.5) is 0 Å². The molecule has 0 bridgehead atoms.